The van der Waals surface area contributed by atoms with Gasteiger partial charge in [-0.3, -0.25) is 14.5 Å². The molecule has 0 unspecified atom stereocenters. The van der Waals surface area contributed by atoms with Gasteiger partial charge in [-0.25, -0.2) is 0 Å². The second-order valence-corrected chi connectivity index (χ2v) is 8.02. The van der Waals surface area contributed by atoms with Crippen LogP contribution in [-0.4, -0.2) is 62.5 Å². The Morgan fingerprint density at radius 2 is 1.69 bits per heavy atom. The van der Waals surface area contributed by atoms with Crippen molar-refractivity contribution < 1.29 is 9.59 Å². The van der Waals surface area contributed by atoms with Gasteiger partial charge in [-0.2, -0.15) is 11.3 Å². The molecule has 1 aliphatic heterocycles. The van der Waals surface area contributed by atoms with Crippen LogP contribution in [0.1, 0.15) is 29.6 Å². The van der Waals surface area contributed by atoms with E-state index in [4.69, 9.17) is 0 Å². The van der Waals surface area contributed by atoms with Crippen molar-refractivity contribution in [2.75, 3.05) is 50.7 Å². The summed E-state index contributed by atoms with van der Waals surface area (Å²) in [6.07, 6.45) is 2.06. The molecule has 0 spiro atoms. The van der Waals surface area contributed by atoms with Crippen LogP contribution in [0.3, 0.4) is 0 Å². The highest BCUT2D eigenvalue weighted by Crippen LogP contribution is 2.15. The summed E-state index contributed by atoms with van der Waals surface area (Å²) >= 11 is 1.50. The standard InChI is InChI=1S/C22H30N4O2S/c27-21(8-4-10-24-22(28)19-9-17-29-18-19)23-11-5-12-25-13-15-26(16-14-25)20-6-2-1-3-7-20/h1-3,6-7,9,17-18H,4-5,8,10-16H2,(H,23,27)(H,24,28). The molecule has 3 rings (SSSR count). The topological polar surface area (TPSA) is 64.7 Å². The first-order chi connectivity index (χ1) is 14.2. The number of para-hydroxylation sites is 1. The zero-order valence-electron chi connectivity index (χ0n) is 16.8. The van der Waals surface area contributed by atoms with Gasteiger partial charge in [-0.05, 0) is 43.0 Å². The number of amides is 2. The third-order valence-corrected chi connectivity index (χ3v) is 5.80. The van der Waals surface area contributed by atoms with E-state index in [1.807, 2.05) is 10.8 Å². The largest absolute Gasteiger partial charge is 0.369 e. The van der Waals surface area contributed by atoms with Crippen molar-refractivity contribution in [1.29, 1.82) is 0 Å². The molecule has 0 bridgehead atoms. The van der Waals surface area contributed by atoms with Gasteiger partial charge in [-0.1, -0.05) is 18.2 Å². The van der Waals surface area contributed by atoms with Gasteiger partial charge in [0, 0.05) is 62.3 Å². The molecule has 2 amide bonds. The van der Waals surface area contributed by atoms with Crippen LogP contribution in [0, 0.1) is 0 Å². The summed E-state index contributed by atoms with van der Waals surface area (Å²) < 4.78 is 0. The van der Waals surface area contributed by atoms with Crippen LogP contribution in [0.15, 0.2) is 47.2 Å². The zero-order valence-corrected chi connectivity index (χ0v) is 17.6. The minimum atomic E-state index is -0.0704. The molecule has 2 N–H and O–H groups in total. The smallest absolute Gasteiger partial charge is 0.252 e. The number of anilines is 1. The second-order valence-electron chi connectivity index (χ2n) is 7.24. The van der Waals surface area contributed by atoms with E-state index in [9.17, 15) is 9.59 Å². The van der Waals surface area contributed by atoms with Gasteiger partial charge in [-0.15, -0.1) is 0 Å². The van der Waals surface area contributed by atoms with Crippen molar-refractivity contribution in [1.82, 2.24) is 15.5 Å². The van der Waals surface area contributed by atoms with Crippen LogP contribution < -0.4 is 15.5 Å². The fourth-order valence-corrected chi connectivity index (χ4v) is 4.07. The van der Waals surface area contributed by atoms with Crippen molar-refractivity contribution in [3.8, 4) is 0 Å². The van der Waals surface area contributed by atoms with Crippen molar-refractivity contribution in [2.45, 2.75) is 19.3 Å². The van der Waals surface area contributed by atoms with Gasteiger partial charge in [0.2, 0.25) is 5.91 Å². The predicted octanol–water partition coefficient (Wildman–Crippen LogP) is 2.59. The summed E-state index contributed by atoms with van der Waals surface area (Å²) in [6.45, 7) is 6.46. The molecule has 0 aliphatic carbocycles. The lowest BCUT2D eigenvalue weighted by Crippen LogP contribution is -2.47. The van der Waals surface area contributed by atoms with E-state index in [1.54, 1.807) is 6.07 Å². The fraction of sp³-hybridized carbons (Fsp3) is 0.455. The number of nitrogens with zero attached hydrogens (tertiary/aromatic N) is 2. The maximum atomic E-state index is 11.9. The first kappa shape index (κ1) is 21.3. The Morgan fingerprint density at radius 1 is 0.931 bits per heavy atom. The van der Waals surface area contributed by atoms with Gasteiger partial charge >= 0.3 is 0 Å². The third kappa shape index (κ3) is 7.18. The molecule has 29 heavy (non-hydrogen) atoms. The number of nitrogens with one attached hydrogen (secondary N) is 2. The third-order valence-electron chi connectivity index (χ3n) is 5.12. The molecular weight excluding hydrogens is 384 g/mol. The van der Waals surface area contributed by atoms with Crippen LogP contribution in [0.4, 0.5) is 5.69 Å². The normalized spacial score (nSPS) is 14.6. The Kier molecular flexibility index (Phi) is 8.52. The van der Waals surface area contributed by atoms with Gasteiger partial charge in [0.05, 0.1) is 0 Å². The molecular formula is C22H30N4O2S. The Labute approximate surface area is 176 Å². The SMILES string of the molecule is O=C(CCCNC(=O)c1ccsc1)NCCCN1CCN(c2ccccc2)CC1. The van der Waals surface area contributed by atoms with E-state index in [1.165, 1.54) is 17.0 Å². The van der Waals surface area contributed by atoms with Crippen LogP contribution in [0.5, 0.6) is 0 Å². The van der Waals surface area contributed by atoms with E-state index in [-0.39, 0.29) is 11.8 Å². The molecule has 6 nitrogen and oxygen atoms in total. The van der Waals surface area contributed by atoms with Crippen LogP contribution in [0.2, 0.25) is 0 Å². The number of thiophene rings is 1. The average molecular weight is 415 g/mol. The first-order valence-corrected chi connectivity index (χ1v) is 11.3. The highest BCUT2D eigenvalue weighted by atomic mass is 32.1. The van der Waals surface area contributed by atoms with E-state index in [0.717, 1.165) is 39.1 Å². The highest BCUT2D eigenvalue weighted by Gasteiger charge is 2.16. The van der Waals surface area contributed by atoms with Crippen molar-refractivity contribution in [3.05, 3.63) is 52.7 Å². The molecule has 7 heteroatoms. The minimum Gasteiger partial charge on any atom is -0.369 e. The van der Waals surface area contributed by atoms with Crippen molar-refractivity contribution >= 4 is 28.8 Å². The van der Waals surface area contributed by atoms with Gasteiger partial charge < -0.3 is 15.5 Å². The number of benzene rings is 1. The van der Waals surface area contributed by atoms with Crippen LogP contribution in [-0.2, 0) is 4.79 Å². The first-order valence-electron chi connectivity index (χ1n) is 10.3. The number of hydrogen-bond donors (Lipinski definition) is 2. The molecule has 156 valence electrons. The molecule has 1 saturated heterocycles. The second kappa shape index (κ2) is 11.6. The van der Waals surface area contributed by atoms with E-state index in [0.29, 0.717) is 31.5 Å². The molecule has 0 atom stereocenters. The Balaban J connectivity index is 1.19. The minimum absolute atomic E-state index is 0.0590. The number of piperazine rings is 1. The molecule has 1 aromatic heterocycles. The summed E-state index contributed by atoms with van der Waals surface area (Å²) in [6, 6.07) is 12.4. The molecule has 2 aromatic rings. The molecule has 0 radical (unpaired) electrons. The Morgan fingerprint density at radius 3 is 2.41 bits per heavy atom. The molecule has 1 aliphatic rings. The predicted molar refractivity (Wildman–Crippen MR) is 119 cm³/mol. The van der Waals surface area contributed by atoms with Gasteiger partial charge in [0.1, 0.15) is 0 Å². The summed E-state index contributed by atoms with van der Waals surface area (Å²) in [5, 5.41) is 9.53. The van der Waals surface area contributed by atoms with Crippen LogP contribution >= 0.6 is 11.3 Å². The molecule has 0 saturated carbocycles. The summed E-state index contributed by atoms with van der Waals surface area (Å²) in [5.74, 6) is -0.0114. The van der Waals surface area contributed by atoms with E-state index in [2.05, 4.69) is 50.8 Å². The Bertz CT molecular complexity index is 743. The maximum Gasteiger partial charge on any atom is 0.252 e. The van der Waals surface area contributed by atoms with Crippen LogP contribution in [0.25, 0.3) is 0 Å². The number of carbonyl (C=O) groups excluding carboxylic acids is 2. The quantitative estimate of drug-likeness (QED) is 0.587. The fourth-order valence-electron chi connectivity index (χ4n) is 3.43. The van der Waals surface area contributed by atoms with E-state index >= 15 is 0 Å². The highest BCUT2D eigenvalue weighted by molar-refractivity contribution is 7.08. The molecule has 1 fully saturated rings. The average Bonchev–Trinajstić information content (AvgIpc) is 3.30. The van der Waals surface area contributed by atoms with Gasteiger partial charge in [0.15, 0.2) is 0 Å². The molecule has 2 heterocycles. The monoisotopic (exact) mass is 414 g/mol. The lowest BCUT2D eigenvalue weighted by atomic mass is 10.2. The summed E-state index contributed by atoms with van der Waals surface area (Å²) in [7, 11) is 0. The molecule has 1 aromatic carbocycles. The lowest BCUT2D eigenvalue weighted by molar-refractivity contribution is -0.121. The maximum absolute atomic E-state index is 11.9. The lowest BCUT2D eigenvalue weighted by Gasteiger charge is -2.36. The number of carbonyl (C=O) groups is 2. The van der Waals surface area contributed by atoms with Crippen molar-refractivity contribution in [3.63, 3.8) is 0 Å². The Hall–Kier alpha value is -2.38. The van der Waals surface area contributed by atoms with Gasteiger partial charge in [0.25, 0.3) is 5.91 Å². The van der Waals surface area contributed by atoms with Crippen molar-refractivity contribution in [2.24, 2.45) is 0 Å². The number of rotatable bonds is 10. The van der Waals surface area contributed by atoms with E-state index < -0.39 is 0 Å². The summed E-state index contributed by atoms with van der Waals surface area (Å²) in [4.78, 5) is 28.6. The summed E-state index contributed by atoms with van der Waals surface area (Å²) in [5.41, 5.74) is 1.98. The number of hydrogen-bond acceptors (Lipinski definition) is 5. The zero-order chi connectivity index (χ0) is 20.3.